The van der Waals surface area contributed by atoms with Crippen molar-refractivity contribution in [2.45, 2.75) is 26.3 Å². The molecule has 0 atom stereocenters. The molecular weight excluding hydrogens is 236 g/mol. The molecule has 17 heavy (non-hydrogen) atoms. The quantitative estimate of drug-likeness (QED) is 0.768. The van der Waals surface area contributed by atoms with E-state index in [1.165, 1.54) is 0 Å². The van der Waals surface area contributed by atoms with Crippen molar-refractivity contribution in [1.29, 1.82) is 0 Å². The molecule has 1 aromatic heterocycles. The minimum absolute atomic E-state index is 0.248. The number of hydrogen-bond acceptors (Lipinski definition) is 4. The van der Waals surface area contributed by atoms with Crippen LogP contribution in [-0.4, -0.2) is 46.8 Å². The van der Waals surface area contributed by atoms with Crippen LogP contribution in [0.1, 0.15) is 20.8 Å². The molecular formula is C12H19ClN4. The van der Waals surface area contributed by atoms with Crippen LogP contribution in [0.25, 0.3) is 0 Å². The summed E-state index contributed by atoms with van der Waals surface area (Å²) >= 11 is 5.73. The molecule has 1 aliphatic rings. The number of hydrogen-bond donors (Lipinski definition) is 0. The van der Waals surface area contributed by atoms with Gasteiger partial charge in [0, 0.05) is 31.7 Å². The normalized spacial score (nSPS) is 18.5. The largest absolute Gasteiger partial charge is 0.353 e. The average Bonchev–Trinajstić information content (AvgIpc) is 2.29. The highest BCUT2D eigenvalue weighted by Gasteiger charge is 2.26. The highest BCUT2D eigenvalue weighted by Crippen LogP contribution is 2.19. The molecule has 2 rings (SSSR count). The van der Waals surface area contributed by atoms with Gasteiger partial charge >= 0.3 is 0 Å². The smallest absolute Gasteiger partial charge is 0.151 e. The summed E-state index contributed by atoms with van der Waals surface area (Å²) in [4.78, 5) is 4.75. The Hall–Kier alpha value is -0.870. The Morgan fingerprint density at radius 2 is 1.71 bits per heavy atom. The van der Waals surface area contributed by atoms with Crippen LogP contribution in [0.2, 0.25) is 5.15 Å². The van der Waals surface area contributed by atoms with Gasteiger partial charge in [0.15, 0.2) is 11.0 Å². The third kappa shape index (κ3) is 3.07. The zero-order valence-corrected chi connectivity index (χ0v) is 11.4. The third-order valence-corrected chi connectivity index (χ3v) is 3.37. The standard InChI is InChI=1S/C12H19ClN4/c1-12(2,3)17-8-6-16(7-9-17)11-5-4-10(13)14-15-11/h4-5H,6-9H2,1-3H3. The molecule has 0 bridgehead atoms. The van der Waals surface area contributed by atoms with Crippen LogP contribution < -0.4 is 4.90 Å². The molecule has 4 nitrogen and oxygen atoms in total. The zero-order chi connectivity index (χ0) is 12.5. The number of aromatic nitrogens is 2. The van der Waals surface area contributed by atoms with E-state index in [-0.39, 0.29) is 5.54 Å². The fourth-order valence-corrected chi connectivity index (χ4v) is 2.18. The zero-order valence-electron chi connectivity index (χ0n) is 10.6. The second-order valence-corrected chi connectivity index (χ2v) is 5.75. The summed E-state index contributed by atoms with van der Waals surface area (Å²) in [7, 11) is 0. The molecule has 94 valence electrons. The van der Waals surface area contributed by atoms with Crippen molar-refractivity contribution in [1.82, 2.24) is 15.1 Å². The van der Waals surface area contributed by atoms with Crippen molar-refractivity contribution in [3.05, 3.63) is 17.3 Å². The van der Waals surface area contributed by atoms with Crippen molar-refractivity contribution in [2.75, 3.05) is 31.1 Å². The molecule has 1 aromatic rings. The molecule has 1 fully saturated rings. The van der Waals surface area contributed by atoms with E-state index in [1.807, 2.05) is 6.07 Å². The van der Waals surface area contributed by atoms with Gasteiger partial charge in [-0.15, -0.1) is 10.2 Å². The molecule has 5 heteroatoms. The number of anilines is 1. The molecule has 0 aliphatic carbocycles. The van der Waals surface area contributed by atoms with Gasteiger partial charge in [-0.25, -0.2) is 0 Å². The van der Waals surface area contributed by atoms with Crippen LogP contribution in [0.15, 0.2) is 12.1 Å². The predicted octanol–water partition coefficient (Wildman–Crippen LogP) is 2.05. The first kappa shape index (κ1) is 12.6. The second-order valence-electron chi connectivity index (χ2n) is 5.36. The summed E-state index contributed by atoms with van der Waals surface area (Å²) < 4.78 is 0. The first-order valence-electron chi connectivity index (χ1n) is 5.96. The maximum absolute atomic E-state index is 5.73. The van der Waals surface area contributed by atoms with E-state index in [0.717, 1.165) is 32.0 Å². The third-order valence-electron chi connectivity index (χ3n) is 3.17. The van der Waals surface area contributed by atoms with Crippen LogP contribution in [0, 0.1) is 0 Å². The van der Waals surface area contributed by atoms with E-state index in [9.17, 15) is 0 Å². The summed E-state index contributed by atoms with van der Waals surface area (Å²) in [6, 6.07) is 3.72. The maximum Gasteiger partial charge on any atom is 0.151 e. The van der Waals surface area contributed by atoms with Crippen LogP contribution in [0.4, 0.5) is 5.82 Å². The van der Waals surface area contributed by atoms with Crippen molar-refractivity contribution >= 4 is 17.4 Å². The number of nitrogens with zero attached hydrogens (tertiary/aromatic N) is 4. The average molecular weight is 255 g/mol. The Morgan fingerprint density at radius 3 is 2.18 bits per heavy atom. The van der Waals surface area contributed by atoms with E-state index in [4.69, 9.17) is 11.6 Å². The molecule has 0 saturated carbocycles. The van der Waals surface area contributed by atoms with Crippen molar-refractivity contribution in [2.24, 2.45) is 0 Å². The van der Waals surface area contributed by atoms with Crippen LogP contribution in [-0.2, 0) is 0 Å². The van der Waals surface area contributed by atoms with Crippen LogP contribution >= 0.6 is 11.6 Å². The van der Waals surface area contributed by atoms with Crippen LogP contribution in [0.3, 0.4) is 0 Å². The lowest BCUT2D eigenvalue weighted by Crippen LogP contribution is -2.53. The second kappa shape index (κ2) is 4.78. The Morgan fingerprint density at radius 1 is 1.06 bits per heavy atom. The van der Waals surface area contributed by atoms with E-state index in [0.29, 0.717) is 5.15 Å². The molecule has 1 aliphatic heterocycles. The van der Waals surface area contributed by atoms with Gasteiger partial charge < -0.3 is 4.90 Å². The number of halogens is 1. The van der Waals surface area contributed by atoms with Gasteiger partial charge in [-0.05, 0) is 32.9 Å². The summed E-state index contributed by atoms with van der Waals surface area (Å²) in [6.45, 7) is 10.9. The fraction of sp³-hybridized carbons (Fsp3) is 0.667. The number of rotatable bonds is 1. The Balaban J connectivity index is 1.97. The summed E-state index contributed by atoms with van der Waals surface area (Å²) in [6.07, 6.45) is 0. The van der Waals surface area contributed by atoms with E-state index >= 15 is 0 Å². The minimum atomic E-state index is 0.248. The fourth-order valence-electron chi connectivity index (χ4n) is 2.08. The first-order chi connectivity index (χ1) is 7.97. The molecule has 0 amide bonds. The SMILES string of the molecule is CC(C)(C)N1CCN(c2ccc(Cl)nn2)CC1. The lowest BCUT2D eigenvalue weighted by atomic mass is 10.1. The van der Waals surface area contributed by atoms with Crippen molar-refractivity contribution in [3.63, 3.8) is 0 Å². The van der Waals surface area contributed by atoms with Gasteiger partial charge in [0.25, 0.3) is 0 Å². The van der Waals surface area contributed by atoms with Gasteiger partial charge in [0.05, 0.1) is 0 Å². The monoisotopic (exact) mass is 254 g/mol. The van der Waals surface area contributed by atoms with Crippen LogP contribution in [0.5, 0.6) is 0 Å². The Bertz CT molecular complexity index is 363. The van der Waals surface area contributed by atoms with E-state index < -0.39 is 0 Å². The van der Waals surface area contributed by atoms with Crippen molar-refractivity contribution < 1.29 is 0 Å². The topological polar surface area (TPSA) is 32.3 Å². The lowest BCUT2D eigenvalue weighted by Gasteiger charge is -2.42. The van der Waals surface area contributed by atoms with Gasteiger partial charge in [0.1, 0.15) is 0 Å². The molecule has 0 unspecified atom stereocenters. The summed E-state index contributed by atoms with van der Waals surface area (Å²) in [5.41, 5.74) is 0.248. The highest BCUT2D eigenvalue weighted by molar-refractivity contribution is 6.29. The molecule has 0 spiro atoms. The van der Waals surface area contributed by atoms with Gasteiger partial charge in [-0.2, -0.15) is 0 Å². The van der Waals surface area contributed by atoms with Crippen molar-refractivity contribution in [3.8, 4) is 0 Å². The van der Waals surface area contributed by atoms with E-state index in [2.05, 4.69) is 40.8 Å². The molecule has 2 heterocycles. The first-order valence-corrected chi connectivity index (χ1v) is 6.34. The Labute approximate surface area is 108 Å². The van der Waals surface area contributed by atoms with E-state index in [1.54, 1.807) is 6.07 Å². The van der Waals surface area contributed by atoms with Gasteiger partial charge in [0.2, 0.25) is 0 Å². The summed E-state index contributed by atoms with van der Waals surface area (Å²) in [5, 5.41) is 8.44. The summed E-state index contributed by atoms with van der Waals surface area (Å²) in [5.74, 6) is 0.919. The highest BCUT2D eigenvalue weighted by atomic mass is 35.5. The molecule has 0 aromatic carbocycles. The van der Waals surface area contributed by atoms with Gasteiger partial charge in [-0.3, -0.25) is 4.90 Å². The minimum Gasteiger partial charge on any atom is -0.353 e. The lowest BCUT2D eigenvalue weighted by molar-refractivity contribution is 0.128. The molecule has 1 saturated heterocycles. The number of piperazine rings is 1. The maximum atomic E-state index is 5.73. The van der Waals surface area contributed by atoms with Gasteiger partial charge in [-0.1, -0.05) is 11.6 Å². The Kier molecular flexibility index (Phi) is 3.54. The molecule has 0 radical (unpaired) electrons. The predicted molar refractivity (Wildman–Crippen MR) is 70.6 cm³/mol. The molecule has 0 N–H and O–H groups in total.